The third-order valence-electron chi connectivity index (χ3n) is 4.71. The Bertz CT molecular complexity index is 1150. The summed E-state index contributed by atoms with van der Waals surface area (Å²) in [6.45, 7) is 0.568. The number of nitrogens with one attached hydrogen (secondary N) is 2. The van der Waals surface area contributed by atoms with Crippen LogP contribution in [0.15, 0.2) is 53.4 Å². The normalized spacial score (nSPS) is 18.0. The molecule has 2 aromatic rings. The van der Waals surface area contributed by atoms with Crippen LogP contribution < -0.4 is 10.0 Å². The van der Waals surface area contributed by atoms with E-state index in [1.54, 1.807) is 0 Å². The Morgan fingerprint density at radius 1 is 1.10 bits per heavy atom. The second-order valence-corrected chi connectivity index (χ2v) is 10.7. The summed E-state index contributed by atoms with van der Waals surface area (Å²) < 4.78 is 65.9. The van der Waals surface area contributed by atoms with E-state index in [9.17, 15) is 26.0 Å². The third-order valence-corrected chi connectivity index (χ3v) is 7.35. The average Bonchev–Trinajstić information content (AvgIpc) is 2.69. The minimum Gasteiger partial charge on any atom is -0.348 e. The summed E-state index contributed by atoms with van der Waals surface area (Å²) in [6, 6.07) is 10.3. The molecular weight excluding hydrogens is 433 g/mol. The maximum absolute atomic E-state index is 13.8. The number of rotatable bonds is 6. The second-order valence-electron chi connectivity index (χ2n) is 7.05. The van der Waals surface area contributed by atoms with Crippen LogP contribution >= 0.6 is 0 Å². The Balaban J connectivity index is 1.74. The molecule has 1 unspecified atom stereocenters. The fourth-order valence-electron chi connectivity index (χ4n) is 3.18. The molecule has 1 aliphatic heterocycles. The number of amides is 1. The summed E-state index contributed by atoms with van der Waals surface area (Å²) in [5.41, 5.74) is -0.0988. The molecule has 8 nitrogen and oxygen atoms in total. The van der Waals surface area contributed by atoms with E-state index in [2.05, 4.69) is 10.0 Å². The number of carbonyl (C=O) groups excluding carboxylic acids is 1. The van der Waals surface area contributed by atoms with Gasteiger partial charge in [0, 0.05) is 24.7 Å². The topological polar surface area (TPSA) is 113 Å². The van der Waals surface area contributed by atoms with Gasteiger partial charge in [0.25, 0.3) is 15.9 Å². The molecule has 11 heteroatoms. The predicted octanol–water partition coefficient (Wildman–Crippen LogP) is 1.78. The SMILES string of the molecule is CS(=O)(=O)N1CCCC(NC(=O)c2cccc(S(=O)(=O)Nc3ccccc3F)c2)C1. The molecule has 1 aliphatic rings. The van der Waals surface area contributed by atoms with Gasteiger partial charge in [0.2, 0.25) is 10.0 Å². The molecule has 3 rings (SSSR count). The van der Waals surface area contributed by atoms with Crippen LogP contribution in [0.2, 0.25) is 0 Å². The summed E-state index contributed by atoms with van der Waals surface area (Å²) in [5, 5.41) is 2.75. The van der Waals surface area contributed by atoms with Crippen molar-refractivity contribution < 1.29 is 26.0 Å². The molecule has 0 aliphatic carbocycles. The van der Waals surface area contributed by atoms with Gasteiger partial charge in [0.1, 0.15) is 5.82 Å². The molecule has 0 radical (unpaired) electrons. The molecule has 1 amide bonds. The Morgan fingerprint density at radius 2 is 1.83 bits per heavy atom. The molecule has 1 saturated heterocycles. The van der Waals surface area contributed by atoms with E-state index in [4.69, 9.17) is 0 Å². The summed E-state index contributed by atoms with van der Waals surface area (Å²) in [4.78, 5) is 12.4. The van der Waals surface area contributed by atoms with Gasteiger partial charge in [0.15, 0.2) is 0 Å². The lowest BCUT2D eigenvalue weighted by Crippen LogP contribution is -2.49. The van der Waals surface area contributed by atoms with Crippen LogP contribution in [0.1, 0.15) is 23.2 Å². The van der Waals surface area contributed by atoms with E-state index in [1.165, 1.54) is 46.8 Å². The van der Waals surface area contributed by atoms with Crippen molar-refractivity contribution in [3.8, 4) is 0 Å². The molecule has 30 heavy (non-hydrogen) atoms. The average molecular weight is 456 g/mol. The Hall–Kier alpha value is -2.50. The highest BCUT2D eigenvalue weighted by Crippen LogP contribution is 2.20. The quantitative estimate of drug-likeness (QED) is 0.690. The van der Waals surface area contributed by atoms with E-state index in [-0.39, 0.29) is 28.7 Å². The van der Waals surface area contributed by atoms with E-state index < -0.39 is 31.8 Å². The number of hydrogen-bond donors (Lipinski definition) is 2. The zero-order valence-electron chi connectivity index (χ0n) is 16.2. The zero-order valence-corrected chi connectivity index (χ0v) is 17.8. The third kappa shape index (κ3) is 5.35. The maximum atomic E-state index is 13.8. The lowest BCUT2D eigenvalue weighted by atomic mass is 10.1. The Labute approximate surface area is 175 Å². The summed E-state index contributed by atoms with van der Waals surface area (Å²) in [7, 11) is -7.47. The first-order valence-corrected chi connectivity index (χ1v) is 12.5. The van der Waals surface area contributed by atoms with Gasteiger partial charge >= 0.3 is 0 Å². The van der Waals surface area contributed by atoms with Gasteiger partial charge in [-0.15, -0.1) is 0 Å². The number of hydrogen-bond acceptors (Lipinski definition) is 5. The Kier molecular flexibility index (Phi) is 6.44. The summed E-state index contributed by atoms with van der Waals surface area (Å²) in [6.07, 6.45) is 2.34. The molecule has 162 valence electrons. The van der Waals surface area contributed by atoms with Gasteiger partial charge in [0.05, 0.1) is 16.8 Å². The summed E-state index contributed by atoms with van der Waals surface area (Å²) >= 11 is 0. The molecule has 2 N–H and O–H groups in total. The smallest absolute Gasteiger partial charge is 0.262 e. The maximum Gasteiger partial charge on any atom is 0.262 e. The number of benzene rings is 2. The van der Waals surface area contributed by atoms with Gasteiger partial charge in [-0.1, -0.05) is 18.2 Å². The standard InChI is InChI=1S/C19H22FN3O5S2/c1-29(25,26)23-11-5-7-15(13-23)21-19(24)14-6-4-8-16(12-14)30(27,28)22-18-10-3-2-9-17(18)20/h2-4,6,8-10,12,15,22H,5,7,11,13H2,1H3,(H,21,24). The van der Waals surface area contributed by atoms with Crippen LogP contribution in [-0.2, 0) is 20.0 Å². The fourth-order valence-corrected chi connectivity index (χ4v) is 5.21. The van der Waals surface area contributed by atoms with Crippen LogP contribution in [-0.4, -0.2) is 52.4 Å². The number of para-hydroxylation sites is 1. The Morgan fingerprint density at radius 3 is 2.53 bits per heavy atom. The summed E-state index contributed by atoms with van der Waals surface area (Å²) in [5.74, 6) is -1.24. The van der Waals surface area contributed by atoms with Crippen LogP contribution in [0.4, 0.5) is 10.1 Å². The number of nitrogens with zero attached hydrogens (tertiary/aromatic N) is 1. The molecule has 0 bridgehead atoms. The van der Waals surface area contributed by atoms with Gasteiger partial charge in [-0.25, -0.2) is 25.5 Å². The van der Waals surface area contributed by atoms with Crippen molar-refractivity contribution in [2.45, 2.75) is 23.8 Å². The molecule has 2 aromatic carbocycles. The van der Waals surface area contributed by atoms with Gasteiger partial charge in [-0.3, -0.25) is 9.52 Å². The van der Waals surface area contributed by atoms with Crippen molar-refractivity contribution in [2.75, 3.05) is 24.1 Å². The first kappa shape index (κ1) is 22.2. The van der Waals surface area contributed by atoms with Crippen molar-refractivity contribution in [1.29, 1.82) is 0 Å². The van der Waals surface area contributed by atoms with Crippen molar-refractivity contribution in [2.24, 2.45) is 0 Å². The number of anilines is 1. The largest absolute Gasteiger partial charge is 0.348 e. The highest BCUT2D eigenvalue weighted by atomic mass is 32.2. The molecular formula is C19H22FN3O5S2. The number of halogens is 1. The zero-order chi connectivity index (χ0) is 21.9. The fraction of sp³-hybridized carbons (Fsp3) is 0.316. The lowest BCUT2D eigenvalue weighted by molar-refractivity contribution is 0.0921. The van der Waals surface area contributed by atoms with Crippen LogP contribution in [0, 0.1) is 5.82 Å². The van der Waals surface area contributed by atoms with Gasteiger partial charge < -0.3 is 5.32 Å². The first-order chi connectivity index (χ1) is 14.1. The predicted molar refractivity (Wildman–Crippen MR) is 111 cm³/mol. The molecule has 1 heterocycles. The monoisotopic (exact) mass is 455 g/mol. The van der Waals surface area contributed by atoms with Gasteiger partial charge in [-0.2, -0.15) is 0 Å². The minimum atomic E-state index is -4.11. The van der Waals surface area contributed by atoms with Crippen LogP contribution in [0.5, 0.6) is 0 Å². The van der Waals surface area contributed by atoms with Crippen molar-refractivity contribution in [3.63, 3.8) is 0 Å². The van der Waals surface area contributed by atoms with E-state index in [0.29, 0.717) is 19.4 Å². The lowest BCUT2D eigenvalue weighted by Gasteiger charge is -2.31. The van der Waals surface area contributed by atoms with E-state index in [0.717, 1.165) is 12.3 Å². The van der Waals surface area contributed by atoms with E-state index in [1.807, 2.05) is 0 Å². The highest BCUT2D eigenvalue weighted by Gasteiger charge is 2.27. The molecule has 0 aromatic heterocycles. The molecule has 0 spiro atoms. The van der Waals surface area contributed by atoms with Crippen molar-refractivity contribution in [1.82, 2.24) is 9.62 Å². The molecule has 0 saturated carbocycles. The van der Waals surface area contributed by atoms with Gasteiger partial charge in [-0.05, 0) is 43.2 Å². The number of carbonyl (C=O) groups is 1. The highest BCUT2D eigenvalue weighted by molar-refractivity contribution is 7.92. The molecule has 1 atom stereocenters. The first-order valence-electron chi connectivity index (χ1n) is 9.20. The van der Waals surface area contributed by atoms with Crippen molar-refractivity contribution in [3.05, 3.63) is 59.9 Å². The van der Waals surface area contributed by atoms with Crippen LogP contribution in [0.3, 0.4) is 0 Å². The number of sulfonamides is 2. The van der Waals surface area contributed by atoms with Crippen molar-refractivity contribution >= 4 is 31.6 Å². The van der Waals surface area contributed by atoms with Crippen LogP contribution in [0.25, 0.3) is 0 Å². The van der Waals surface area contributed by atoms with E-state index >= 15 is 0 Å². The molecule has 1 fully saturated rings. The second kappa shape index (κ2) is 8.70. The number of piperidine rings is 1. The minimum absolute atomic E-state index is 0.0999.